The van der Waals surface area contributed by atoms with E-state index in [0.29, 0.717) is 22.8 Å². The molecule has 0 saturated heterocycles. The molecule has 1 aliphatic rings. The van der Waals surface area contributed by atoms with Crippen molar-refractivity contribution < 1.29 is 9.59 Å². The molecule has 3 N–H and O–H groups in total. The maximum absolute atomic E-state index is 12.5. The number of anilines is 1. The summed E-state index contributed by atoms with van der Waals surface area (Å²) in [6.45, 7) is 4.59. The average Bonchev–Trinajstić information content (AvgIpc) is 2.99. The zero-order valence-electron chi connectivity index (χ0n) is 14.0. The molecule has 2 aromatic heterocycles. The van der Waals surface area contributed by atoms with E-state index in [1.54, 1.807) is 10.7 Å². The average molecular weight is 346 g/mol. The second kappa shape index (κ2) is 6.76. The fourth-order valence-electron chi connectivity index (χ4n) is 3.20. The van der Waals surface area contributed by atoms with Crippen LogP contribution in [0.15, 0.2) is 6.07 Å². The van der Waals surface area contributed by atoms with Crippen molar-refractivity contribution in [3.8, 4) is 0 Å². The zero-order chi connectivity index (χ0) is 17.3. The molecule has 2 aromatic rings. The number of amides is 2. The van der Waals surface area contributed by atoms with Crippen molar-refractivity contribution in [2.24, 2.45) is 5.73 Å². The molecule has 24 heavy (non-hydrogen) atoms. The summed E-state index contributed by atoms with van der Waals surface area (Å²) in [5.41, 5.74) is 8.39. The van der Waals surface area contributed by atoms with Gasteiger partial charge in [-0.05, 0) is 51.2 Å². The number of fused-ring (bicyclic) bond motifs is 1. The molecular weight excluding hydrogens is 324 g/mol. The number of rotatable bonds is 4. The predicted octanol–water partition coefficient (Wildman–Crippen LogP) is 2.89. The molecule has 0 fully saturated rings. The van der Waals surface area contributed by atoms with Gasteiger partial charge in [-0.15, -0.1) is 11.3 Å². The molecule has 3 rings (SSSR count). The lowest BCUT2D eigenvalue weighted by atomic mass is 10.1. The van der Waals surface area contributed by atoms with Crippen molar-refractivity contribution in [1.82, 2.24) is 9.78 Å². The van der Waals surface area contributed by atoms with E-state index in [1.165, 1.54) is 16.2 Å². The molecule has 0 atom stereocenters. The maximum atomic E-state index is 12.5. The number of nitrogens with one attached hydrogen (secondary N) is 1. The van der Waals surface area contributed by atoms with Crippen molar-refractivity contribution in [3.63, 3.8) is 0 Å². The van der Waals surface area contributed by atoms with E-state index in [1.807, 2.05) is 13.8 Å². The summed E-state index contributed by atoms with van der Waals surface area (Å²) < 4.78 is 1.77. The largest absolute Gasteiger partial charge is 0.365 e. The van der Waals surface area contributed by atoms with Crippen LogP contribution in [0.25, 0.3) is 0 Å². The van der Waals surface area contributed by atoms with E-state index in [0.717, 1.165) is 43.4 Å². The first kappa shape index (κ1) is 16.7. The zero-order valence-corrected chi connectivity index (χ0v) is 14.8. The summed E-state index contributed by atoms with van der Waals surface area (Å²) in [7, 11) is 0. The Bertz CT molecular complexity index is 791. The van der Waals surface area contributed by atoms with Crippen LogP contribution in [0.5, 0.6) is 0 Å². The molecule has 0 aromatic carbocycles. The van der Waals surface area contributed by atoms with Gasteiger partial charge in [0.2, 0.25) is 0 Å². The second-order valence-corrected chi connectivity index (χ2v) is 7.18. The summed E-state index contributed by atoms with van der Waals surface area (Å²) in [6, 6.07) is 1.75. The van der Waals surface area contributed by atoms with Gasteiger partial charge in [0.05, 0.1) is 5.56 Å². The number of hydrogen-bond acceptors (Lipinski definition) is 4. The van der Waals surface area contributed by atoms with Crippen LogP contribution in [-0.2, 0) is 19.4 Å². The predicted molar refractivity (Wildman–Crippen MR) is 94.7 cm³/mol. The Labute approximate surface area is 145 Å². The Morgan fingerprint density at radius 1 is 1.33 bits per heavy atom. The Hall–Kier alpha value is -2.15. The third kappa shape index (κ3) is 3.08. The molecule has 0 unspecified atom stereocenters. The van der Waals surface area contributed by atoms with E-state index in [-0.39, 0.29) is 5.91 Å². The van der Waals surface area contributed by atoms with Crippen molar-refractivity contribution in [1.29, 1.82) is 0 Å². The van der Waals surface area contributed by atoms with Gasteiger partial charge in [0, 0.05) is 17.1 Å². The van der Waals surface area contributed by atoms with Gasteiger partial charge in [0.15, 0.2) is 5.69 Å². The number of carbonyl (C=O) groups excluding carboxylic acids is 2. The number of nitrogens with two attached hydrogens (primary N) is 1. The van der Waals surface area contributed by atoms with Crippen LogP contribution in [0.3, 0.4) is 0 Å². The monoisotopic (exact) mass is 346 g/mol. The lowest BCUT2D eigenvalue weighted by Crippen LogP contribution is -2.18. The summed E-state index contributed by atoms with van der Waals surface area (Å²) >= 11 is 1.48. The highest BCUT2D eigenvalue weighted by atomic mass is 32.1. The first-order valence-electron chi connectivity index (χ1n) is 8.31. The Morgan fingerprint density at radius 2 is 2.08 bits per heavy atom. The third-order valence-electron chi connectivity index (χ3n) is 4.41. The van der Waals surface area contributed by atoms with Crippen LogP contribution >= 0.6 is 11.3 Å². The number of aryl methyl sites for hydroxylation is 3. The Morgan fingerprint density at radius 3 is 2.75 bits per heavy atom. The highest BCUT2D eigenvalue weighted by molar-refractivity contribution is 7.17. The topological polar surface area (TPSA) is 90.0 Å². The molecule has 7 heteroatoms. The molecule has 2 amide bonds. The Kier molecular flexibility index (Phi) is 4.71. The van der Waals surface area contributed by atoms with Gasteiger partial charge >= 0.3 is 0 Å². The number of thiophene rings is 1. The molecule has 0 aliphatic heterocycles. The quantitative estimate of drug-likeness (QED) is 0.834. The SMILES string of the molecule is CCn1nc(C(=O)Nc2sc3c(c2C(N)=O)CCCCC3)cc1C. The van der Waals surface area contributed by atoms with Gasteiger partial charge in [-0.1, -0.05) is 6.42 Å². The molecule has 1 aliphatic carbocycles. The number of aromatic nitrogens is 2. The smallest absolute Gasteiger partial charge is 0.276 e. The van der Waals surface area contributed by atoms with E-state index in [9.17, 15) is 9.59 Å². The number of primary amides is 1. The molecule has 128 valence electrons. The molecule has 6 nitrogen and oxygen atoms in total. The summed E-state index contributed by atoms with van der Waals surface area (Å²) in [5.74, 6) is -0.774. The summed E-state index contributed by atoms with van der Waals surface area (Å²) in [4.78, 5) is 25.6. The van der Waals surface area contributed by atoms with Gasteiger partial charge in [0.1, 0.15) is 5.00 Å². The summed E-state index contributed by atoms with van der Waals surface area (Å²) in [5, 5.41) is 7.70. The van der Waals surface area contributed by atoms with Crippen LogP contribution in [0.2, 0.25) is 0 Å². The van der Waals surface area contributed by atoms with Gasteiger partial charge in [-0.2, -0.15) is 5.10 Å². The van der Waals surface area contributed by atoms with Crippen molar-refractivity contribution in [2.45, 2.75) is 52.5 Å². The van der Waals surface area contributed by atoms with Gasteiger partial charge in [0.25, 0.3) is 11.8 Å². The van der Waals surface area contributed by atoms with E-state index >= 15 is 0 Å². The second-order valence-electron chi connectivity index (χ2n) is 6.07. The minimum absolute atomic E-state index is 0.302. The van der Waals surface area contributed by atoms with Gasteiger partial charge in [-0.25, -0.2) is 0 Å². The van der Waals surface area contributed by atoms with Crippen LogP contribution < -0.4 is 11.1 Å². The highest BCUT2D eigenvalue weighted by Gasteiger charge is 2.25. The lowest BCUT2D eigenvalue weighted by Gasteiger charge is -2.05. The highest BCUT2D eigenvalue weighted by Crippen LogP contribution is 2.37. The van der Waals surface area contributed by atoms with Crippen LogP contribution in [0, 0.1) is 6.92 Å². The minimum Gasteiger partial charge on any atom is -0.365 e. The van der Waals surface area contributed by atoms with Gasteiger partial charge < -0.3 is 11.1 Å². The summed E-state index contributed by atoms with van der Waals surface area (Å²) in [6.07, 6.45) is 5.12. The lowest BCUT2D eigenvalue weighted by molar-refractivity contribution is 0.100. The minimum atomic E-state index is -0.472. The third-order valence-corrected chi connectivity index (χ3v) is 5.62. The van der Waals surface area contributed by atoms with E-state index in [2.05, 4.69) is 10.4 Å². The van der Waals surface area contributed by atoms with E-state index < -0.39 is 5.91 Å². The van der Waals surface area contributed by atoms with Crippen molar-refractivity contribution in [3.05, 3.63) is 33.5 Å². The number of nitrogens with zero attached hydrogens (tertiary/aromatic N) is 2. The standard InChI is InChI=1S/C17H22N4O2S/c1-3-21-10(2)9-12(20-21)16(23)19-17-14(15(18)22)11-7-5-4-6-8-13(11)24-17/h9H,3-8H2,1-2H3,(H2,18,22)(H,19,23). The number of carbonyl (C=O) groups is 2. The van der Waals surface area contributed by atoms with Crippen molar-refractivity contribution in [2.75, 3.05) is 5.32 Å². The Balaban J connectivity index is 1.91. The molecule has 2 heterocycles. The van der Waals surface area contributed by atoms with Crippen LogP contribution in [-0.4, -0.2) is 21.6 Å². The van der Waals surface area contributed by atoms with Crippen LogP contribution in [0.1, 0.15) is 63.2 Å². The molecular formula is C17H22N4O2S. The van der Waals surface area contributed by atoms with Crippen LogP contribution in [0.4, 0.5) is 5.00 Å². The van der Waals surface area contributed by atoms with Crippen molar-refractivity contribution >= 4 is 28.2 Å². The fourth-order valence-corrected chi connectivity index (χ4v) is 4.49. The first-order valence-corrected chi connectivity index (χ1v) is 9.13. The molecule has 0 radical (unpaired) electrons. The molecule has 0 spiro atoms. The van der Waals surface area contributed by atoms with Gasteiger partial charge in [-0.3, -0.25) is 14.3 Å². The maximum Gasteiger partial charge on any atom is 0.276 e. The number of hydrogen-bond donors (Lipinski definition) is 2. The van der Waals surface area contributed by atoms with E-state index in [4.69, 9.17) is 5.73 Å². The fraction of sp³-hybridized carbons (Fsp3) is 0.471. The normalized spacial score (nSPS) is 14.1. The molecule has 0 bridgehead atoms. The molecule has 0 saturated carbocycles. The first-order chi connectivity index (χ1) is 11.5.